The summed E-state index contributed by atoms with van der Waals surface area (Å²) < 4.78 is 44.9. The highest BCUT2D eigenvalue weighted by Crippen LogP contribution is 2.41. The number of ether oxygens (including phenoxy) is 1. The third-order valence-electron chi connectivity index (χ3n) is 3.71. The predicted molar refractivity (Wildman–Crippen MR) is 71.9 cm³/mol. The van der Waals surface area contributed by atoms with Crippen LogP contribution in [0.4, 0.5) is 18.0 Å². The second-order valence-electron chi connectivity index (χ2n) is 6.46. The van der Waals surface area contributed by atoms with Gasteiger partial charge in [-0.25, -0.2) is 4.79 Å². The second kappa shape index (κ2) is 6.02. The van der Waals surface area contributed by atoms with E-state index in [-0.39, 0.29) is 13.0 Å². The van der Waals surface area contributed by atoms with E-state index in [0.29, 0.717) is 12.8 Å². The molecular weight excluding hydrogens is 287 g/mol. The number of amides is 1. The first kappa shape index (κ1) is 18.1. The maximum atomic E-state index is 13.2. The van der Waals surface area contributed by atoms with E-state index >= 15 is 0 Å². The molecule has 0 aromatic heterocycles. The van der Waals surface area contributed by atoms with Crippen LogP contribution in [0.1, 0.15) is 53.4 Å². The van der Waals surface area contributed by atoms with Crippen molar-refractivity contribution in [3.05, 3.63) is 0 Å². The van der Waals surface area contributed by atoms with Crippen LogP contribution in [0, 0.1) is 0 Å². The first-order valence-electron chi connectivity index (χ1n) is 7.21. The molecule has 0 unspecified atom stereocenters. The Morgan fingerprint density at radius 2 is 1.86 bits per heavy atom. The average Bonchev–Trinajstić information content (AvgIpc) is 2.34. The van der Waals surface area contributed by atoms with Crippen LogP contribution in [-0.2, 0) is 4.74 Å². The van der Waals surface area contributed by atoms with Crippen LogP contribution in [0.5, 0.6) is 0 Å². The molecule has 0 saturated carbocycles. The number of aliphatic hydroxyl groups is 1. The minimum atomic E-state index is -4.79. The van der Waals surface area contributed by atoms with E-state index in [1.165, 1.54) is 6.92 Å². The molecule has 0 aromatic carbocycles. The Bertz CT molecular complexity index is 379. The van der Waals surface area contributed by atoms with Crippen molar-refractivity contribution >= 4 is 6.09 Å². The molecule has 0 radical (unpaired) electrons. The fourth-order valence-electron chi connectivity index (χ4n) is 2.59. The molecule has 1 saturated heterocycles. The predicted octanol–water partition coefficient (Wildman–Crippen LogP) is 3.48. The van der Waals surface area contributed by atoms with Crippen molar-refractivity contribution in [2.45, 2.75) is 76.8 Å². The Morgan fingerprint density at radius 1 is 1.29 bits per heavy atom. The van der Waals surface area contributed by atoms with Crippen LogP contribution in [0.15, 0.2) is 0 Å². The number of piperidine rings is 1. The van der Waals surface area contributed by atoms with Crippen molar-refractivity contribution in [3.8, 4) is 0 Å². The Balaban J connectivity index is 3.04. The van der Waals surface area contributed by atoms with Gasteiger partial charge in [0.1, 0.15) is 5.60 Å². The van der Waals surface area contributed by atoms with E-state index < -0.39 is 35.9 Å². The number of alkyl halides is 3. The molecule has 1 fully saturated rings. The van der Waals surface area contributed by atoms with Crippen molar-refractivity contribution in [1.29, 1.82) is 0 Å². The van der Waals surface area contributed by atoms with Crippen LogP contribution in [0.3, 0.4) is 0 Å². The monoisotopic (exact) mass is 311 g/mol. The average molecular weight is 311 g/mol. The summed E-state index contributed by atoms with van der Waals surface area (Å²) in [4.78, 5) is 13.2. The van der Waals surface area contributed by atoms with Gasteiger partial charge in [-0.15, -0.1) is 0 Å². The quantitative estimate of drug-likeness (QED) is 0.849. The normalized spacial score (nSPS) is 23.6. The van der Waals surface area contributed by atoms with Crippen molar-refractivity contribution in [3.63, 3.8) is 0 Å². The van der Waals surface area contributed by atoms with Gasteiger partial charge in [-0.3, -0.25) is 0 Å². The number of hydrogen-bond donors (Lipinski definition) is 1. The molecule has 1 heterocycles. The Hall–Kier alpha value is -0.980. The van der Waals surface area contributed by atoms with E-state index in [1.54, 1.807) is 20.8 Å². The number of likely N-dealkylation sites (tertiary alicyclic amines) is 1. The summed E-state index contributed by atoms with van der Waals surface area (Å²) in [7, 11) is 0. The highest BCUT2D eigenvalue weighted by Gasteiger charge is 2.60. The van der Waals surface area contributed by atoms with Crippen LogP contribution in [-0.4, -0.2) is 46.1 Å². The molecule has 7 heteroatoms. The number of carbonyl (C=O) groups excluding carboxylic acids is 1. The van der Waals surface area contributed by atoms with Gasteiger partial charge in [0.05, 0.1) is 6.04 Å². The second-order valence-corrected chi connectivity index (χ2v) is 6.46. The van der Waals surface area contributed by atoms with Gasteiger partial charge in [0, 0.05) is 6.54 Å². The fourth-order valence-corrected chi connectivity index (χ4v) is 2.59. The van der Waals surface area contributed by atoms with Crippen LogP contribution < -0.4 is 0 Å². The van der Waals surface area contributed by atoms with Crippen LogP contribution in [0.2, 0.25) is 0 Å². The molecular formula is C14H24F3NO3. The molecule has 0 bridgehead atoms. The molecule has 0 spiro atoms. The molecule has 2 atom stereocenters. The minimum Gasteiger partial charge on any atom is -0.444 e. The number of hydrogen-bond acceptors (Lipinski definition) is 3. The van der Waals surface area contributed by atoms with Crippen molar-refractivity contribution in [1.82, 2.24) is 4.90 Å². The fraction of sp³-hybridized carbons (Fsp3) is 0.929. The summed E-state index contributed by atoms with van der Waals surface area (Å²) in [5.74, 6) is 0. The molecule has 21 heavy (non-hydrogen) atoms. The van der Waals surface area contributed by atoms with Gasteiger partial charge in [0.15, 0.2) is 5.60 Å². The van der Waals surface area contributed by atoms with Crippen molar-refractivity contribution < 1.29 is 27.8 Å². The first-order valence-corrected chi connectivity index (χ1v) is 7.21. The summed E-state index contributed by atoms with van der Waals surface area (Å²) in [6.07, 6.45) is -4.83. The van der Waals surface area contributed by atoms with E-state index in [1.807, 2.05) is 0 Å². The number of halogens is 3. The molecule has 0 aromatic rings. The van der Waals surface area contributed by atoms with Gasteiger partial charge in [-0.05, 0) is 46.5 Å². The maximum Gasteiger partial charge on any atom is 0.419 e. The molecule has 4 nitrogen and oxygen atoms in total. The molecule has 1 aliphatic rings. The molecule has 1 rings (SSSR count). The smallest absolute Gasteiger partial charge is 0.419 e. The zero-order chi connectivity index (χ0) is 16.5. The van der Waals surface area contributed by atoms with Crippen LogP contribution >= 0.6 is 0 Å². The molecule has 0 aliphatic carbocycles. The number of nitrogens with zero attached hydrogens (tertiary/aromatic N) is 1. The van der Waals surface area contributed by atoms with Gasteiger partial charge in [-0.1, -0.05) is 6.92 Å². The zero-order valence-corrected chi connectivity index (χ0v) is 13.0. The van der Waals surface area contributed by atoms with Gasteiger partial charge in [0.25, 0.3) is 0 Å². The minimum absolute atomic E-state index is 0.114. The Labute approximate surface area is 123 Å². The summed E-state index contributed by atoms with van der Waals surface area (Å²) in [5.41, 5.74) is -3.69. The van der Waals surface area contributed by atoms with E-state index in [9.17, 15) is 23.1 Å². The van der Waals surface area contributed by atoms with E-state index in [2.05, 4.69) is 0 Å². The third-order valence-corrected chi connectivity index (χ3v) is 3.71. The zero-order valence-electron chi connectivity index (χ0n) is 13.0. The van der Waals surface area contributed by atoms with Crippen LogP contribution in [0.25, 0.3) is 0 Å². The topological polar surface area (TPSA) is 49.8 Å². The number of rotatable bonds is 2. The summed E-state index contributed by atoms with van der Waals surface area (Å²) in [5, 5.41) is 10.1. The van der Waals surface area contributed by atoms with Gasteiger partial charge >= 0.3 is 12.3 Å². The highest BCUT2D eigenvalue weighted by molar-refractivity contribution is 5.69. The molecule has 1 amide bonds. The third kappa shape index (κ3) is 4.02. The SMILES string of the molecule is CC[C@@](O)([C@H]1CCCCN1C(=O)OC(C)(C)C)C(F)(F)F. The van der Waals surface area contributed by atoms with Gasteiger partial charge in [-0.2, -0.15) is 13.2 Å². The summed E-state index contributed by atoms with van der Waals surface area (Å²) >= 11 is 0. The lowest BCUT2D eigenvalue weighted by molar-refractivity contribution is -0.282. The maximum absolute atomic E-state index is 13.2. The molecule has 1 N–H and O–H groups in total. The molecule has 124 valence electrons. The first-order chi connectivity index (χ1) is 9.42. The molecule has 1 aliphatic heterocycles. The van der Waals surface area contributed by atoms with E-state index in [0.717, 1.165) is 4.90 Å². The lowest BCUT2D eigenvalue weighted by Gasteiger charge is -2.45. The Kier molecular flexibility index (Phi) is 5.18. The number of carbonyl (C=O) groups is 1. The lowest BCUT2D eigenvalue weighted by atomic mass is 9.84. The highest BCUT2D eigenvalue weighted by atomic mass is 19.4. The van der Waals surface area contributed by atoms with Gasteiger partial charge in [0.2, 0.25) is 0 Å². The lowest BCUT2D eigenvalue weighted by Crippen LogP contribution is -2.63. The Morgan fingerprint density at radius 3 is 2.29 bits per heavy atom. The van der Waals surface area contributed by atoms with Gasteiger partial charge < -0.3 is 14.7 Å². The summed E-state index contributed by atoms with van der Waals surface area (Å²) in [6, 6.07) is -1.30. The van der Waals surface area contributed by atoms with Crippen molar-refractivity contribution in [2.75, 3.05) is 6.54 Å². The van der Waals surface area contributed by atoms with E-state index in [4.69, 9.17) is 4.74 Å². The summed E-state index contributed by atoms with van der Waals surface area (Å²) in [6.45, 7) is 6.40. The van der Waals surface area contributed by atoms with Crippen molar-refractivity contribution in [2.24, 2.45) is 0 Å². The standard InChI is InChI=1S/C14H24F3NO3/c1-5-13(20,14(15,16)17)10-8-6-7-9-18(10)11(19)21-12(2,3)4/h10,20H,5-9H2,1-4H3/t10-,13-/m1/s1. The largest absolute Gasteiger partial charge is 0.444 e.